The largest absolute Gasteiger partial charge is 0.323 e. The summed E-state index contributed by atoms with van der Waals surface area (Å²) in [6, 6.07) is 0. The van der Waals surface area contributed by atoms with E-state index in [2.05, 4.69) is 28.1 Å². The fraction of sp³-hybridized carbons (Fsp3) is 0. The molecule has 0 fully saturated rings. The van der Waals surface area contributed by atoms with Gasteiger partial charge in [0.15, 0.2) is 0 Å². The third-order valence-corrected chi connectivity index (χ3v) is 0.207. The average Bonchev–Trinajstić information content (AvgIpc) is 1.61. The third-order valence-electron chi connectivity index (χ3n) is 0.207. The van der Waals surface area contributed by atoms with E-state index in [0.29, 0.717) is 0 Å². The Hall–Kier alpha value is -1.06. The maximum absolute atomic E-state index is 4.61. The molecule has 4 heteroatoms. The molecule has 0 rings (SSSR count). The monoisotopic (exact) mass is 85.1 g/mol. The summed E-state index contributed by atoms with van der Waals surface area (Å²) in [5.41, 5.74) is 0. The molecule has 0 atom stereocenters. The summed E-state index contributed by atoms with van der Waals surface area (Å²) >= 11 is 0. The smallest absolute Gasteiger partial charge is 0.132 e. The van der Waals surface area contributed by atoms with Gasteiger partial charge in [0.1, 0.15) is 6.21 Å². The normalized spacial score (nSPS) is 11.3. The number of rotatable bonds is 1. The zero-order chi connectivity index (χ0) is 4.83. The number of hydrogen-bond donors (Lipinski definition) is 2. The molecule has 0 amide bonds. The molecule has 0 spiro atoms. The van der Waals surface area contributed by atoms with Crippen molar-refractivity contribution in [2.45, 2.75) is 0 Å². The topological polar surface area (TPSA) is 76.8 Å². The Morgan fingerprint density at radius 3 is 2.33 bits per heavy atom. The third kappa shape index (κ3) is 2.94. The van der Waals surface area contributed by atoms with Crippen LogP contribution in [-0.4, -0.2) is 12.4 Å². The van der Waals surface area contributed by atoms with E-state index in [0.717, 1.165) is 0 Å². The fourth-order valence-corrected chi connectivity index (χ4v) is 0.0667. The first-order valence-electron chi connectivity index (χ1n) is 1.29. The van der Waals surface area contributed by atoms with Gasteiger partial charge in [-0.05, 0) is 0 Å². The van der Waals surface area contributed by atoms with E-state index in [-0.39, 0.29) is 0 Å². The van der Waals surface area contributed by atoms with Crippen LogP contribution in [0.15, 0.2) is 10.2 Å². The summed E-state index contributed by atoms with van der Waals surface area (Å²) in [5, 5.41) is 5.96. The Morgan fingerprint density at radius 2 is 2.17 bits per heavy atom. The van der Waals surface area contributed by atoms with Gasteiger partial charge in [-0.2, -0.15) is 10.2 Å². The number of hydrogen-bond acceptors (Lipinski definition) is 4. The predicted octanol–water partition coefficient (Wildman–Crippen LogP) is -1.25. The molecule has 0 aromatic rings. The van der Waals surface area contributed by atoms with Crippen molar-refractivity contribution in [1.29, 1.82) is 0 Å². The van der Waals surface area contributed by atoms with Crippen molar-refractivity contribution >= 4 is 12.4 Å². The van der Waals surface area contributed by atoms with Gasteiger partial charge in [0.2, 0.25) is 0 Å². The Bertz CT molecular complexity index is 53.9. The number of hydrazone groups is 2. The first-order valence-corrected chi connectivity index (χ1v) is 1.29. The van der Waals surface area contributed by atoms with Crippen molar-refractivity contribution in [2.75, 3.05) is 0 Å². The van der Waals surface area contributed by atoms with Crippen molar-refractivity contribution in [3.63, 3.8) is 0 Å². The Labute approximate surface area is 35.5 Å². The molecule has 0 saturated carbocycles. The molecule has 6 heavy (non-hydrogen) atoms. The van der Waals surface area contributed by atoms with Gasteiger partial charge in [-0.1, -0.05) is 0 Å². The summed E-state index contributed by atoms with van der Waals surface area (Å²) in [4.78, 5) is 0. The second-order valence-electron chi connectivity index (χ2n) is 0.536. The minimum Gasteiger partial charge on any atom is -0.323 e. The Kier molecular flexibility index (Phi) is 3.24. The van der Waals surface area contributed by atoms with Gasteiger partial charge < -0.3 is 11.7 Å². The molecular formula is C2H5N4. The van der Waals surface area contributed by atoms with Crippen LogP contribution in [0.25, 0.3) is 0 Å². The number of nitrogens with zero attached hydrogens (tertiary/aromatic N) is 2. The molecule has 0 aliphatic rings. The van der Waals surface area contributed by atoms with Gasteiger partial charge >= 0.3 is 0 Å². The van der Waals surface area contributed by atoms with Crippen LogP contribution in [0.2, 0.25) is 0 Å². The summed E-state index contributed by atoms with van der Waals surface area (Å²) < 4.78 is 0. The summed E-state index contributed by atoms with van der Waals surface area (Å²) in [7, 11) is 0. The highest BCUT2D eigenvalue weighted by Crippen LogP contribution is 1.37. The molecule has 4 nitrogen and oxygen atoms in total. The molecule has 0 unspecified atom stereocenters. The fourth-order valence-electron chi connectivity index (χ4n) is 0.0667. The van der Waals surface area contributed by atoms with E-state index in [1.807, 2.05) is 0 Å². The lowest BCUT2D eigenvalue weighted by molar-refractivity contribution is 1.25. The van der Waals surface area contributed by atoms with Crippen LogP contribution in [0.3, 0.4) is 0 Å². The van der Waals surface area contributed by atoms with Crippen LogP contribution in [0.1, 0.15) is 0 Å². The maximum atomic E-state index is 4.61. The molecule has 0 bridgehead atoms. The molecule has 1 radical (unpaired) electrons. The molecule has 0 aliphatic carbocycles. The van der Waals surface area contributed by atoms with Gasteiger partial charge in [0.25, 0.3) is 0 Å². The lowest BCUT2D eigenvalue weighted by Crippen LogP contribution is -1.86. The number of nitrogens with two attached hydrogens (primary N) is 2. The van der Waals surface area contributed by atoms with E-state index in [1.165, 1.54) is 6.21 Å². The van der Waals surface area contributed by atoms with E-state index >= 15 is 0 Å². The Balaban J connectivity index is 3.07. The standard InChI is InChI=1S/C2H5N4/c3-5-1-2-6-4/h1H,3-4H2. The van der Waals surface area contributed by atoms with Gasteiger partial charge in [0, 0.05) is 0 Å². The Morgan fingerprint density at radius 1 is 1.50 bits per heavy atom. The van der Waals surface area contributed by atoms with Crippen LogP contribution >= 0.6 is 0 Å². The highest BCUT2D eigenvalue weighted by Gasteiger charge is 1.53. The van der Waals surface area contributed by atoms with Crippen LogP contribution in [0.4, 0.5) is 0 Å². The first kappa shape index (κ1) is 4.94. The van der Waals surface area contributed by atoms with Crippen LogP contribution in [-0.2, 0) is 0 Å². The van der Waals surface area contributed by atoms with Crippen LogP contribution < -0.4 is 11.7 Å². The van der Waals surface area contributed by atoms with Gasteiger partial charge in [-0.15, -0.1) is 0 Å². The van der Waals surface area contributed by atoms with Crippen molar-refractivity contribution in [3.05, 3.63) is 0 Å². The molecule has 0 aromatic carbocycles. The molecule has 0 aromatic heterocycles. The quantitative estimate of drug-likeness (QED) is 0.237. The van der Waals surface area contributed by atoms with Crippen molar-refractivity contribution in [3.8, 4) is 0 Å². The minimum atomic E-state index is 1.17. The van der Waals surface area contributed by atoms with Crippen molar-refractivity contribution in [2.24, 2.45) is 21.9 Å². The van der Waals surface area contributed by atoms with Gasteiger partial charge in [-0.3, -0.25) is 0 Å². The minimum absolute atomic E-state index is 1.17. The molecule has 0 aliphatic heterocycles. The lowest BCUT2D eigenvalue weighted by atomic mass is 10.8. The average molecular weight is 85.1 g/mol. The second kappa shape index (κ2) is 3.94. The molecular weight excluding hydrogens is 80.1 g/mol. The predicted molar refractivity (Wildman–Crippen MR) is 24.3 cm³/mol. The highest BCUT2D eigenvalue weighted by atomic mass is 15.1. The zero-order valence-corrected chi connectivity index (χ0v) is 3.13. The van der Waals surface area contributed by atoms with Crippen molar-refractivity contribution < 1.29 is 0 Å². The first-order chi connectivity index (χ1) is 2.91. The van der Waals surface area contributed by atoms with E-state index < -0.39 is 0 Å². The van der Waals surface area contributed by atoms with Gasteiger partial charge in [-0.25, -0.2) is 0 Å². The van der Waals surface area contributed by atoms with E-state index in [4.69, 9.17) is 0 Å². The van der Waals surface area contributed by atoms with E-state index in [9.17, 15) is 0 Å². The lowest BCUT2D eigenvalue weighted by Gasteiger charge is -1.63. The summed E-state index contributed by atoms with van der Waals surface area (Å²) in [5.74, 6) is 9.19. The summed E-state index contributed by atoms with van der Waals surface area (Å²) in [6.07, 6.45) is 3.35. The maximum Gasteiger partial charge on any atom is 0.132 e. The second-order valence-corrected chi connectivity index (χ2v) is 0.536. The van der Waals surface area contributed by atoms with Crippen molar-refractivity contribution in [1.82, 2.24) is 0 Å². The molecule has 33 valence electrons. The molecule has 0 heterocycles. The molecule has 0 saturated heterocycles. The highest BCUT2D eigenvalue weighted by molar-refractivity contribution is 6.15. The summed E-state index contributed by atoms with van der Waals surface area (Å²) in [6.45, 7) is 0. The SMILES string of the molecule is NN=[C]C=NN. The van der Waals surface area contributed by atoms with Gasteiger partial charge in [0.05, 0.1) is 6.21 Å². The van der Waals surface area contributed by atoms with Crippen LogP contribution in [0, 0.1) is 0 Å². The molecule has 4 N–H and O–H groups in total. The van der Waals surface area contributed by atoms with Crippen LogP contribution in [0.5, 0.6) is 0 Å². The zero-order valence-electron chi connectivity index (χ0n) is 3.13. The van der Waals surface area contributed by atoms with E-state index in [1.54, 1.807) is 0 Å².